The molecule has 0 spiro atoms. The van der Waals surface area contributed by atoms with Crippen LogP contribution in [0.3, 0.4) is 0 Å². The summed E-state index contributed by atoms with van der Waals surface area (Å²) in [5, 5.41) is 0.413. The lowest BCUT2D eigenvalue weighted by atomic mass is 10.0. The first-order chi connectivity index (χ1) is 14.7. The van der Waals surface area contributed by atoms with Crippen molar-refractivity contribution in [1.82, 2.24) is 9.55 Å². The smallest absolute Gasteiger partial charge is 0.306 e. The van der Waals surface area contributed by atoms with Crippen LogP contribution in [-0.2, 0) is 19.0 Å². The molecule has 1 aromatic heterocycles. The third kappa shape index (κ3) is 7.05. The number of hydrogen-bond acceptors (Lipinski definition) is 6. The van der Waals surface area contributed by atoms with Crippen LogP contribution in [0.4, 0.5) is 0 Å². The van der Waals surface area contributed by atoms with Crippen molar-refractivity contribution in [1.29, 1.82) is 0 Å². The molecule has 0 N–H and O–H groups in total. The molecular weight excluding hydrogens is 400 g/mol. The van der Waals surface area contributed by atoms with Gasteiger partial charge in [0, 0.05) is 18.8 Å². The second-order valence-electron chi connectivity index (χ2n) is 8.51. The minimum absolute atomic E-state index is 0.0136. The summed E-state index contributed by atoms with van der Waals surface area (Å²) < 4.78 is 19.6. The first kappa shape index (κ1) is 23.2. The highest BCUT2D eigenvalue weighted by Gasteiger charge is 2.40. The fourth-order valence-electron chi connectivity index (χ4n) is 4.40. The molecule has 1 aromatic rings. The maximum Gasteiger partial charge on any atom is 0.306 e. The Hall–Kier alpha value is -1.47. The molecule has 3 rings (SSSR count). The Kier molecular flexibility index (Phi) is 9.59. The van der Waals surface area contributed by atoms with E-state index in [-0.39, 0.29) is 30.4 Å². The molecule has 0 bridgehead atoms. The summed E-state index contributed by atoms with van der Waals surface area (Å²) in [6.07, 6.45) is 19.1. The van der Waals surface area contributed by atoms with Gasteiger partial charge in [-0.1, -0.05) is 51.9 Å². The number of esters is 1. The normalized spacial score (nSPS) is 24.7. The van der Waals surface area contributed by atoms with Crippen molar-refractivity contribution in [3.05, 3.63) is 18.7 Å². The third-order valence-electron chi connectivity index (χ3n) is 6.14. The molecule has 2 fully saturated rings. The standard InChI is InChI=1S/C23H36N2O4S/c1-2-3-4-5-6-7-8-9-10-18(29-23(30)25-16-15-24-17-25)19-11-12-20(27-19)21-13-14-22(26)28-21/h15-21H,2-14H2,1H3/t18-,19-,20+,21+/m0/s1. The zero-order valence-electron chi connectivity index (χ0n) is 18.2. The van der Waals surface area contributed by atoms with Gasteiger partial charge in [-0.05, 0) is 44.3 Å². The van der Waals surface area contributed by atoms with Gasteiger partial charge in [-0.15, -0.1) is 0 Å². The van der Waals surface area contributed by atoms with E-state index in [4.69, 9.17) is 26.4 Å². The summed E-state index contributed by atoms with van der Waals surface area (Å²) in [4.78, 5) is 15.5. The van der Waals surface area contributed by atoms with Crippen molar-refractivity contribution < 1.29 is 19.0 Å². The molecule has 0 unspecified atom stereocenters. The van der Waals surface area contributed by atoms with Crippen LogP contribution in [0, 0.1) is 0 Å². The Morgan fingerprint density at radius 1 is 1.17 bits per heavy atom. The maximum atomic E-state index is 11.5. The topological polar surface area (TPSA) is 62.6 Å². The summed E-state index contributed by atoms with van der Waals surface area (Å²) in [6.45, 7) is 2.25. The third-order valence-corrected chi connectivity index (χ3v) is 6.45. The maximum absolute atomic E-state index is 11.5. The van der Waals surface area contributed by atoms with E-state index in [0.29, 0.717) is 11.6 Å². The van der Waals surface area contributed by atoms with Crippen LogP contribution in [0.25, 0.3) is 0 Å². The van der Waals surface area contributed by atoms with Crippen LogP contribution in [0.2, 0.25) is 0 Å². The van der Waals surface area contributed by atoms with Gasteiger partial charge in [0.15, 0.2) is 0 Å². The van der Waals surface area contributed by atoms with Gasteiger partial charge in [-0.25, -0.2) is 4.98 Å². The molecule has 4 atom stereocenters. The number of unbranched alkanes of at least 4 members (excludes halogenated alkanes) is 7. The molecule has 2 saturated heterocycles. The average molecular weight is 437 g/mol. The molecule has 6 nitrogen and oxygen atoms in total. The lowest BCUT2D eigenvalue weighted by Gasteiger charge is -2.26. The highest BCUT2D eigenvalue weighted by atomic mass is 32.1. The van der Waals surface area contributed by atoms with E-state index in [2.05, 4.69) is 11.9 Å². The van der Waals surface area contributed by atoms with Crippen LogP contribution in [0.5, 0.6) is 0 Å². The minimum atomic E-state index is -0.111. The van der Waals surface area contributed by atoms with Crippen molar-refractivity contribution >= 4 is 23.4 Å². The van der Waals surface area contributed by atoms with E-state index in [1.165, 1.54) is 44.9 Å². The molecule has 0 aliphatic carbocycles. The van der Waals surface area contributed by atoms with Crippen LogP contribution in [0.15, 0.2) is 18.7 Å². The Morgan fingerprint density at radius 3 is 2.60 bits per heavy atom. The Bertz CT molecular complexity index is 652. The predicted octanol–water partition coefficient (Wildman–Crippen LogP) is 5.19. The number of carbonyl (C=O) groups is 1. The van der Waals surface area contributed by atoms with E-state index in [1.807, 2.05) is 0 Å². The van der Waals surface area contributed by atoms with E-state index in [1.54, 1.807) is 23.3 Å². The zero-order chi connectivity index (χ0) is 21.2. The molecular formula is C23H36N2O4S. The number of thiocarbonyl (C=S) groups is 1. The number of nitrogens with zero attached hydrogens (tertiary/aromatic N) is 2. The van der Waals surface area contributed by atoms with Gasteiger partial charge >= 0.3 is 5.97 Å². The van der Waals surface area contributed by atoms with Crippen molar-refractivity contribution in [3.63, 3.8) is 0 Å². The van der Waals surface area contributed by atoms with Gasteiger partial charge in [0.1, 0.15) is 18.5 Å². The molecule has 0 amide bonds. The molecule has 0 aromatic carbocycles. The van der Waals surface area contributed by atoms with Gasteiger partial charge in [-0.2, -0.15) is 0 Å². The van der Waals surface area contributed by atoms with Crippen LogP contribution < -0.4 is 0 Å². The number of ether oxygens (including phenoxy) is 3. The fraction of sp³-hybridized carbons (Fsp3) is 0.783. The van der Waals surface area contributed by atoms with Gasteiger partial charge in [-0.3, -0.25) is 9.36 Å². The summed E-state index contributed by atoms with van der Waals surface area (Å²) in [6, 6.07) is 0. The second kappa shape index (κ2) is 12.4. The average Bonchev–Trinajstić information content (AvgIpc) is 3.50. The van der Waals surface area contributed by atoms with Crippen molar-refractivity contribution in [2.24, 2.45) is 0 Å². The zero-order valence-corrected chi connectivity index (χ0v) is 19.0. The van der Waals surface area contributed by atoms with Crippen molar-refractivity contribution in [2.75, 3.05) is 0 Å². The van der Waals surface area contributed by atoms with Gasteiger partial charge in [0.25, 0.3) is 5.17 Å². The highest BCUT2D eigenvalue weighted by Crippen LogP contribution is 2.32. The molecule has 7 heteroatoms. The summed E-state index contributed by atoms with van der Waals surface area (Å²) in [7, 11) is 0. The number of imidazole rings is 1. The molecule has 168 valence electrons. The molecule has 3 heterocycles. The SMILES string of the molecule is CCCCCCCCCC[C@H](OC(=S)n1ccnc1)[C@@H]1CC[C@H]([C@H]2CCC(=O)O2)O1. The van der Waals surface area contributed by atoms with Crippen LogP contribution in [-0.4, -0.2) is 45.1 Å². The first-order valence-corrected chi connectivity index (χ1v) is 12.1. The summed E-state index contributed by atoms with van der Waals surface area (Å²) in [5.74, 6) is -0.111. The van der Waals surface area contributed by atoms with Crippen molar-refractivity contribution in [3.8, 4) is 0 Å². The number of carbonyl (C=O) groups excluding carboxylic acids is 1. The largest absolute Gasteiger partial charge is 0.464 e. The molecule has 2 aliphatic heterocycles. The molecule has 2 aliphatic rings. The second-order valence-corrected chi connectivity index (χ2v) is 8.86. The Morgan fingerprint density at radius 2 is 1.93 bits per heavy atom. The van der Waals surface area contributed by atoms with Gasteiger partial charge in [0.05, 0.1) is 12.2 Å². The minimum Gasteiger partial charge on any atom is -0.464 e. The van der Waals surface area contributed by atoms with E-state index in [0.717, 1.165) is 32.1 Å². The highest BCUT2D eigenvalue weighted by molar-refractivity contribution is 7.80. The number of cyclic esters (lactones) is 1. The lowest BCUT2D eigenvalue weighted by molar-refractivity contribution is -0.148. The van der Waals surface area contributed by atoms with Gasteiger partial charge < -0.3 is 14.2 Å². The summed E-state index contributed by atoms with van der Waals surface area (Å²) >= 11 is 5.47. The first-order valence-electron chi connectivity index (χ1n) is 11.7. The van der Waals surface area contributed by atoms with E-state index >= 15 is 0 Å². The van der Waals surface area contributed by atoms with Crippen LogP contribution in [0.1, 0.15) is 90.4 Å². The summed E-state index contributed by atoms with van der Waals surface area (Å²) in [5.41, 5.74) is 0. The number of hydrogen-bond donors (Lipinski definition) is 0. The van der Waals surface area contributed by atoms with Crippen molar-refractivity contribution in [2.45, 2.75) is 115 Å². The number of aromatic nitrogens is 2. The Labute approximate surface area is 185 Å². The Balaban J connectivity index is 1.47. The van der Waals surface area contributed by atoms with E-state index < -0.39 is 0 Å². The fourth-order valence-corrected chi connectivity index (χ4v) is 4.63. The molecule has 30 heavy (non-hydrogen) atoms. The monoisotopic (exact) mass is 436 g/mol. The predicted molar refractivity (Wildman–Crippen MR) is 119 cm³/mol. The quantitative estimate of drug-likeness (QED) is 0.255. The molecule has 0 radical (unpaired) electrons. The van der Waals surface area contributed by atoms with E-state index in [9.17, 15) is 4.79 Å². The lowest BCUT2D eigenvalue weighted by Crippen LogP contribution is -2.35. The number of rotatable bonds is 12. The van der Waals surface area contributed by atoms with Crippen LogP contribution >= 0.6 is 12.2 Å². The van der Waals surface area contributed by atoms with Gasteiger partial charge in [0.2, 0.25) is 0 Å². The molecule has 0 saturated carbocycles.